The van der Waals surface area contributed by atoms with Crippen molar-refractivity contribution in [2.24, 2.45) is 0 Å². The predicted molar refractivity (Wildman–Crippen MR) is 49.0 cm³/mol. The maximum atomic E-state index is 4.34. The molecule has 1 atom stereocenters. The minimum atomic E-state index is 0. The SMILES string of the molecule is C[N-]C1CCCN(C(C)C)C1.[Y]. The molecular weight excluding hydrogens is 225 g/mol. The van der Waals surface area contributed by atoms with Gasteiger partial charge in [-0.1, -0.05) is 6.42 Å². The number of likely N-dealkylation sites (tertiary alicyclic amines) is 1. The van der Waals surface area contributed by atoms with Crippen LogP contribution in [0.5, 0.6) is 0 Å². The van der Waals surface area contributed by atoms with Crippen molar-refractivity contribution < 1.29 is 32.7 Å². The summed E-state index contributed by atoms with van der Waals surface area (Å²) in [5, 5.41) is 4.34. The number of likely N-dealkylation sites (N-methyl/N-ethyl adjacent to an activating group) is 1. The topological polar surface area (TPSA) is 17.3 Å². The summed E-state index contributed by atoms with van der Waals surface area (Å²) in [6, 6.07) is 1.30. The molecule has 0 bridgehead atoms. The van der Waals surface area contributed by atoms with E-state index in [4.69, 9.17) is 0 Å². The summed E-state index contributed by atoms with van der Waals surface area (Å²) in [5.74, 6) is 0. The van der Waals surface area contributed by atoms with Crippen LogP contribution in [-0.4, -0.2) is 37.1 Å². The quantitative estimate of drug-likeness (QED) is 0.724. The van der Waals surface area contributed by atoms with E-state index in [1.165, 1.54) is 25.9 Å². The van der Waals surface area contributed by atoms with Gasteiger partial charge in [0.05, 0.1) is 0 Å². The smallest absolute Gasteiger partial charge is 0.00379 e. The van der Waals surface area contributed by atoms with Crippen LogP contribution in [0.1, 0.15) is 26.7 Å². The zero-order chi connectivity index (χ0) is 8.27. The third kappa shape index (κ3) is 3.82. The number of piperidine rings is 1. The number of hydrogen-bond acceptors (Lipinski definition) is 1. The van der Waals surface area contributed by atoms with Crippen LogP contribution in [0.3, 0.4) is 0 Å². The normalized spacial score (nSPS) is 25.5. The number of nitrogens with zero attached hydrogens (tertiary/aromatic N) is 2. The molecule has 69 valence electrons. The minimum Gasteiger partial charge on any atom is -0.661 e. The van der Waals surface area contributed by atoms with Crippen molar-refractivity contribution >= 4 is 0 Å². The number of hydrogen-bond donors (Lipinski definition) is 0. The summed E-state index contributed by atoms with van der Waals surface area (Å²) in [5.41, 5.74) is 0. The van der Waals surface area contributed by atoms with Crippen LogP contribution in [0.25, 0.3) is 5.32 Å². The molecule has 12 heavy (non-hydrogen) atoms. The summed E-state index contributed by atoms with van der Waals surface area (Å²) < 4.78 is 0. The van der Waals surface area contributed by atoms with E-state index in [-0.39, 0.29) is 32.7 Å². The van der Waals surface area contributed by atoms with E-state index in [0.717, 1.165) is 0 Å². The van der Waals surface area contributed by atoms with E-state index in [9.17, 15) is 0 Å². The molecule has 0 aliphatic carbocycles. The van der Waals surface area contributed by atoms with Crippen LogP contribution >= 0.6 is 0 Å². The molecule has 1 aliphatic heterocycles. The Morgan fingerprint density at radius 1 is 1.42 bits per heavy atom. The fourth-order valence-corrected chi connectivity index (χ4v) is 1.66. The second kappa shape index (κ2) is 6.47. The van der Waals surface area contributed by atoms with Gasteiger partial charge in [-0.05, 0) is 33.4 Å². The van der Waals surface area contributed by atoms with Gasteiger partial charge >= 0.3 is 0 Å². The van der Waals surface area contributed by atoms with Gasteiger partial charge in [0, 0.05) is 38.8 Å². The first-order chi connectivity index (χ1) is 5.24. The second-order valence-corrected chi connectivity index (χ2v) is 3.64. The molecule has 1 fully saturated rings. The van der Waals surface area contributed by atoms with Crippen LogP contribution in [0, 0.1) is 0 Å². The standard InChI is InChI=1S/C9H19N2.Y/c1-8(2)11-6-4-5-9(7-11)10-3;/h8-9H,4-7H2,1-3H3;/q-1;. The minimum absolute atomic E-state index is 0. The van der Waals surface area contributed by atoms with Crippen LogP contribution in [0.4, 0.5) is 0 Å². The average Bonchev–Trinajstić information content (AvgIpc) is 2.05. The van der Waals surface area contributed by atoms with Crippen LogP contribution < -0.4 is 0 Å². The van der Waals surface area contributed by atoms with Crippen molar-refractivity contribution in [3.05, 3.63) is 5.32 Å². The van der Waals surface area contributed by atoms with Gasteiger partial charge in [0.2, 0.25) is 0 Å². The Bertz CT molecular complexity index is 117. The van der Waals surface area contributed by atoms with Crippen LogP contribution in [-0.2, 0) is 32.7 Å². The van der Waals surface area contributed by atoms with E-state index in [2.05, 4.69) is 24.1 Å². The Labute approximate surface area is 101 Å². The first-order valence-electron chi connectivity index (χ1n) is 4.57. The maximum absolute atomic E-state index is 4.34. The fourth-order valence-electron chi connectivity index (χ4n) is 1.66. The molecule has 2 nitrogen and oxygen atoms in total. The average molecular weight is 244 g/mol. The van der Waals surface area contributed by atoms with Crippen molar-refractivity contribution in [1.29, 1.82) is 0 Å². The molecule has 1 unspecified atom stereocenters. The molecule has 1 rings (SSSR count). The molecule has 0 aromatic carbocycles. The van der Waals surface area contributed by atoms with Gasteiger partial charge < -0.3 is 10.2 Å². The Morgan fingerprint density at radius 3 is 2.58 bits per heavy atom. The van der Waals surface area contributed by atoms with Gasteiger partial charge in [-0.25, -0.2) is 0 Å². The zero-order valence-corrected chi connectivity index (χ0v) is 11.3. The van der Waals surface area contributed by atoms with Crippen molar-refractivity contribution in [1.82, 2.24) is 4.90 Å². The first-order valence-corrected chi connectivity index (χ1v) is 4.57. The second-order valence-electron chi connectivity index (χ2n) is 3.64. The Kier molecular flexibility index (Phi) is 7.03. The third-order valence-electron chi connectivity index (χ3n) is 2.52. The molecule has 1 heterocycles. The maximum Gasteiger partial charge on any atom is 0.00379 e. The molecule has 0 amide bonds. The van der Waals surface area contributed by atoms with E-state index in [1.807, 2.05) is 7.05 Å². The van der Waals surface area contributed by atoms with Crippen molar-refractivity contribution in [3.8, 4) is 0 Å². The molecule has 0 saturated carbocycles. The van der Waals surface area contributed by atoms with Gasteiger partial charge in [-0.15, -0.1) is 6.04 Å². The van der Waals surface area contributed by atoms with E-state index in [1.54, 1.807) is 0 Å². The van der Waals surface area contributed by atoms with E-state index in [0.29, 0.717) is 12.1 Å². The molecule has 0 N–H and O–H groups in total. The monoisotopic (exact) mass is 244 g/mol. The van der Waals surface area contributed by atoms with Crippen LogP contribution in [0.2, 0.25) is 0 Å². The van der Waals surface area contributed by atoms with Gasteiger partial charge in [0.1, 0.15) is 0 Å². The summed E-state index contributed by atoms with van der Waals surface area (Å²) in [4.78, 5) is 2.52. The molecule has 0 aromatic heterocycles. The van der Waals surface area contributed by atoms with Gasteiger partial charge in [0.15, 0.2) is 0 Å². The Morgan fingerprint density at radius 2 is 2.08 bits per heavy atom. The summed E-state index contributed by atoms with van der Waals surface area (Å²) >= 11 is 0. The van der Waals surface area contributed by atoms with E-state index < -0.39 is 0 Å². The Balaban J connectivity index is 0.00000121. The molecule has 1 radical (unpaired) electrons. The van der Waals surface area contributed by atoms with Gasteiger partial charge in [-0.3, -0.25) is 0 Å². The first kappa shape index (κ1) is 13.0. The van der Waals surface area contributed by atoms with Crippen molar-refractivity contribution in [2.45, 2.75) is 38.8 Å². The van der Waals surface area contributed by atoms with Gasteiger partial charge in [-0.2, -0.15) is 7.05 Å². The van der Waals surface area contributed by atoms with Crippen molar-refractivity contribution in [3.63, 3.8) is 0 Å². The summed E-state index contributed by atoms with van der Waals surface area (Å²) in [7, 11) is 1.94. The Hall–Kier alpha value is 1.02. The van der Waals surface area contributed by atoms with Gasteiger partial charge in [0.25, 0.3) is 0 Å². The predicted octanol–water partition coefficient (Wildman–Crippen LogP) is 1.86. The summed E-state index contributed by atoms with van der Waals surface area (Å²) in [6.07, 6.45) is 2.61. The largest absolute Gasteiger partial charge is 0.661 e. The van der Waals surface area contributed by atoms with Crippen LogP contribution in [0.15, 0.2) is 0 Å². The molecule has 0 aromatic rings. The van der Waals surface area contributed by atoms with E-state index >= 15 is 0 Å². The molecule has 1 saturated heterocycles. The molecule has 0 spiro atoms. The third-order valence-corrected chi connectivity index (χ3v) is 2.52. The number of rotatable bonds is 2. The summed E-state index contributed by atoms with van der Waals surface area (Å²) in [6.45, 7) is 6.97. The molecule has 1 aliphatic rings. The fraction of sp³-hybridized carbons (Fsp3) is 1.00. The molecule has 3 heteroatoms. The van der Waals surface area contributed by atoms with Crippen molar-refractivity contribution in [2.75, 3.05) is 20.1 Å². The zero-order valence-electron chi connectivity index (χ0n) is 8.45. The molecular formula is C9H19N2Y-.